The summed E-state index contributed by atoms with van der Waals surface area (Å²) < 4.78 is 10.6. The normalized spacial score (nSPS) is 22.1. The number of carbonyl (C=O) groups is 1. The van der Waals surface area contributed by atoms with E-state index >= 15 is 0 Å². The Morgan fingerprint density at radius 1 is 1.21 bits per heavy atom. The van der Waals surface area contributed by atoms with Crippen molar-refractivity contribution in [3.63, 3.8) is 0 Å². The van der Waals surface area contributed by atoms with Crippen LogP contribution in [0.2, 0.25) is 0 Å². The zero-order valence-electron chi connectivity index (χ0n) is 18.1. The van der Waals surface area contributed by atoms with E-state index in [-0.39, 0.29) is 23.3 Å². The van der Waals surface area contributed by atoms with E-state index in [9.17, 15) is 4.79 Å². The van der Waals surface area contributed by atoms with Crippen LogP contribution in [0.15, 0.2) is 9.05 Å². The molecule has 0 aliphatic carbocycles. The van der Waals surface area contributed by atoms with Crippen molar-refractivity contribution < 1.29 is 13.8 Å². The van der Waals surface area contributed by atoms with Crippen LogP contribution >= 0.6 is 0 Å². The van der Waals surface area contributed by atoms with Crippen molar-refractivity contribution in [2.45, 2.75) is 65.3 Å². The maximum atomic E-state index is 12.8. The highest BCUT2D eigenvalue weighted by Gasteiger charge is 2.46. The molecule has 8 nitrogen and oxygen atoms in total. The molecule has 0 aromatic carbocycles. The fraction of sp³-hybridized carbons (Fsp3) is 0.714. The van der Waals surface area contributed by atoms with Gasteiger partial charge in [0.05, 0.1) is 18.2 Å². The second kappa shape index (κ2) is 7.55. The fourth-order valence-corrected chi connectivity index (χ4v) is 4.79. The summed E-state index contributed by atoms with van der Waals surface area (Å²) >= 11 is 0. The van der Waals surface area contributed by atoms with Crippen LogP contribution in [0.3, 0.4) is 0 Å². The first-order chi connectivity index (χ1) is 13.8. The minimum Gasteiger partial charge on any atom is -0.361 e. The third-order valence-electron chi connectivity index (χ3n) is 6.68. The van der Waals surface area contributed by atoms with Crippen LogP contribution in [-0.2, 0) is 11.2 Å². The number of carbonyl (C=O) groups excluding carboxylic acids is 1. The fourth-order valence-electron chi connectivity index (χ4n) is 4.79. The van der Waals surface area contributed by atoms with Gasteiger partial charge >= 0.3 is 0 Å². The number of hydrogen-bond donors (Lipinski definition) is 0. The zero-order chi connectivity index (χ0) is 20.8. The maximum absolute atomic E-state index is 12.8. The van der Waals surface area contributed by atoms with Crippen LogP contribution in [0.4, 0.5) is 0 Å². The van der Waals surface area contributed by atoms with Crippen molar-refractivity contribution in [3.05, 3.63) is 28.7 Å². The Morgan fingerprint density at radius 2 is 1.93 bits per heavy atom. The molecule has 2 aromatic heterocycles. The molecule has 158 valence electrons. The minimum atomic E-state index is 0.164. The number of aromatic nitrogens is 3. The molecule has 2 aliphatic heterocycles. The number of aryl methyl sites for hydroxylation is 2. The van der Waals surface area contributed by atoms with Gasteiger partial charge in [-0.15, -0.1) is 0 Å². The van der Waals surface area contributed by atoms with Gasteiger partial charge in [0.1, 0.15) is 5.76 Å². The van der Waals surface area contributed by atoms with E-state index in [0.29, 0.717) is 12.3 Å². The molecule has 1 atom stereocenters. The van der Waals surface area contributed by atoms with E-state index < -0.39 is 0 Å². The Hall–Kier alpha value is -2.22. The van der Waals surface area contributed by atoms with Gasteiger partial charge in [-0.3, -0.25) is 9.69 Å². The van der Waals surface area contributed by atoms with Gasteiger partial charge in [0.15, 0.2) is 5.82 Å². The van der Waals surface area contributed by atoms with E-state index in [0.717, 1.165) is 61.7 Å². The Balaban J connectivity index is 1.38. The van der Waals surface area contributed by atoms with Crippen LogP contribution in [-0.4, -0.2) is 57.7 Å². The summed E-state index contributed by atoms with van der Waals surface area (Å²) in [6, 6.07) is 0.191. The molecular weight excluding hydrogens is 370 g/mol. The first-order valence-electron chi connectivity index (χ1n) is 10.5. The van der Waals surface area contributed by atoms with Crippen molar-refractivity contribution >= 4 is 5.91 Å². The molecule has 0 bridgehead atoms. The predicted octanol–water partition coefficient (Wildman–Crippen LogP) is 3.03. The van der Waals surface area contributed by atoms with Gasteiger partial charge in [-0.1, -0.05) is 24.2 Å². The van der Waals surface area contributed by atoms with E-state index in [1.54, 1.807) is 0 Å². The highest BCUT2D eigenvalue weighted by Crippen LogP contribution is 2.47. The standard InChI is InChI=1S/C21H31N5O3/c1-13(2)20-22-19(24-29-20)17-11-21(12-25(17)5)6-8-26(9-7-21)18(27)10-16-14(3)23-28-15(16)4/h13,17H,6-12H2,1-5H3. The lowest BCUT2D eigenvalue weighted by atomic mass is 9.76. The summed E-state index contributed by atoms with van der Waals surface area (Å²) in [5.41, 5.74) is 1.96. The highest BCUT2D eigenvalue weighted by molar-refractivity contribution is 5.79. The maximum Gasteiger partial charge on any atom is 0.229 e. The van der Waals surface area contributed by atoms with E-state index in [2.05, 4.69) is 41.1 Å². The third kappa shape index (κ3) is 3.82. The molecule has 2 aliphatic rings. The topological polar surface area (TPSA) is 88.5 Å². The smallest absolute Gasteiger partial charge is 0.229 e. The second-order valence-electron chi connectivity index (χ2n) is 9.14. The summed E-state index contributed by atoms with van der Waals surface area (Å²) in [6.07, 6.45) is 3.41. The van der Waals surface area contributed by atoms with E-state index in [1.165, 1.54) is 0 Å². The van der Waals surface area contributed by atoms with Crippen LogP contribution in [0.1, 0.15) is 73.8 Å². The SMILES string of the molecule is Cc1noc(C)c1CC(=O)N1CCC2(CC1)CC(c1noc(C(C)C)n1)N(C)C2. The molecule has 0 N–H and O–H groups in total. The number of piperidine rings is 1. The van der Waals surface area contributed by atoms with Crippen LogP contribution in [0.5, 0.6) is 0 Å². The number of rotatable bonds is 4. The summed E-state index contributed by atoms with van der Waals surface area (Å²) in [4.78, 5) is 21.8. The molecule has 0 radical (unpaired) electrons. The van der Waals surface area contributed by atoms with E-state index in [4.69, 9.17) is 9.05 Å². The number of nitrogens with zero attached hydrogens (tertiary/aromatic N) is 5. The van der Waals surface area contributed by atoms with Gasteiger partial charge < -0.3 is 13.9 Å². The summed E-state index contributed by atoms with van der Waals surface area (Å²) in [7, 11) is 2.14. The summed E-state index contributed by atoms with van der Waals surface area (Å²) in [5.74, 6) is 2.64. The van der Waals surface area contributed by atoms with Gasteiger partial charge in [-0.25, -0.2) is 0 Å². The van der Waals surface area contributed by atoms with Crippen LogP contribution < -0.4 is 0 Å². The summed E-state index contributed by atoms with van der Waals surface area (Å²) in [6.45, 7) is 10.5. The third-order valence-corrected chi connectivity index (χ3v) is 6.68. The van der Waals surface area contributed by atoms with Gasteiger partial charge in [-0.05, 0) is 45.6 Å². The molecule has 1 spiro atoms. The predicted molar refractivity (Wildman–Crippen MR) is 106 cm³/mol. The number of hydrogen-bond acceptors (Lipinski definition) is 7. The Labute approximate surface area is 171 Å². The van der Waals surface area contributed by atoms with Crippen LogP contribution in [0, 0.1) is 19.3 Å². The number of amides is 1. The Bertz CT molecular complexity index is 859. The molecule has 4 heterocycles. The van der Waals surface area contributed by atoms with Crippen molar-refractivity contribution in [2.75, 3.05) is 26.7 Å². The van der Waals surface area contributed by atoms with Crippen molar-refractivity contribution in [2.24, 2.45) is 5.41 Å². The largest absolute Gasteiger partial charge is 0.361 e. The second-order valence-corrected chi connectivity index (χ2v) is 9.14. The molecule has 2 aromatic rings. The molecular formula is C21H31N5O3. The lowest BCUT2D eigenvalue weighted by Gasteiger charge is -2.39. The molecule has 29 heavy (non-hydrogen) atoms. The van der Waals surface area contributed by atoms with Crippen LogP contribution in [0.25, 0.3) is 0 Å². The first kappa shape index (κ1) is 20.1. The average Bonchev–Trinajstić information content (AvgIpc) is 3.37. The van der Waals surface area contributed by atoms with Gasteiger partial charge in [-0.2, -0.15) is 4.98 Å². The molecule has 2 fully saturated rings. The monoisotopic (exact) mass is 401 g/mol. The minimum absolute atomic E-state index is 0.164. The Kier molecular flexibility index (Phi) is 5.23. The Morgan fingerprint density at radius 3 is 2.52 bits per heavy atom. The lowest BCUT2D eigenvalue weighted by Crippen LogP contribution is -2.44. The molecule has 1 amide bonds. The van der Waals surface area contributed by atoms with Crippen molar-refractivity contribution in [1.82, 2.24) is 25.1 Å². The molecule has 8 heteroatoms. The van der Waals surface area contributed by atoms with Gasteiger partial charge in [0.25, 0.3) is 0 Å². The highest BCUT2D eigenvalue weighted by atomic mass is 16.5. The summed E-state index contributed by atoms with van der Waals surface area (Å²) in [5, 5.41) is 8.20. The molecule has 4 rings (SSSR count). The average molecular weight is 402 g/mol. The molecule has 0 saturated carbocycles. The van der Waals surface area contributed by atoms with Gasteiger partial charge in [0, 0.05) is 31.1 Å². The number of likely N-dealkylation sites (tertiary alicyclic amines) is 2. The molecule has 1 unspecified atom stereocenters. The quantitative estimate of drug-likeness (QED) is 0.778. The van der Waals surface area contributed by atoms with E-state index in [1.807, 2.05) is 18.7 Å². The van der Waals surface area contributed by atoms with Crippen molar-refractivity contribution in [3.8, 4) is 0 Å². The zero-order valence-corrected chi connectivity index (χ0v) is 18.1. The van der Waals surface area contributed by atoms with Crippen molar-refractivity contribution in [1.29, 1.82) is 0 Å². The molecule has 2 saturated heterocycles. The lowest BCUT2D eigenvalue weighted by molar-refractivity contribution is -0.132. The van der Waals surface area contributed by atoms with Gasteiger partial charge in [0.2, 0.25) is 11.8 Å². The first-order valence-corrected chi connectivity index (χ1v) is 10.5.